The van der Waals surface area contributed by atoms with Crippen molar-refractivity contribution < 1.29 is 13.7 Å². The zero-order chi connectivity index (χ0) is 25.5. The summed E-state index contributed by atoms with van der Waals surface area (Å²) in [5.41, 5.74) is 7.07. The molecule has 0 amide bonds. The monoisotopic (exact) mass is 497 g/mol. The Kier molecular flexibility index (Phi) is 5.67. The first-order chi connectivity index (χ1) is 18.0. The van der Waals surface area contributed by atoms with Crippen molar-refractivity contribution in [2.75, 3.05) is 0 Å². The van der Waals surface area contributed by atoms with E-state index in [1.165, 1.54) is 12.1 Å². The van der Waals surface area contributed by atoms with Gasteiger partial charge in [0, 0.05) is 36.4 Å². The maximum absolute atomic E-state index is 14.1. The molecule has 0 radical (unpaired) electrons. The van der Waals surface area contributed by atoms with E-state index in [1.54, 1.807) is 18.5 Å². The third-order valence-electron chi connectivity index (χ3n) is 6.65. The number of H-pyrrole nitrogens is 1. The number of rotatable bonds is 5. The fraction of sp³-hybridized carbons (Fsp3) is 0.214. The standard InChI is InChI=1S/C28H24FN5O3/c1-3-4-25-31-22-13-30-10-9-23(22)34(25)14-17-5-7-20-18(11-17)15-36-24-12-19(29)6-8-21(24)26(20)16(2)27-32-28(35)37-33-27/h5-13H,3-4,14-15H2,1-2H3,(H,32,33,35). The Bertz CT molecular complexity index is 1730. The van der Waals surface area contributed by atoms with Crippen LogP contribution in [-0.4, -0.2) is 24.7 Å². The van der Waals surface area contributed by atoms with Crippen molar-refractivity contribution in [2.45, 2.75) is 39.8 Å². The Hall–Kier alpha value is -4.53. The summed E-state index contributed by atoms with van der Waals surface area (Å²) in [4.78, 5) is 23.3. The molecule has 186 valence electrons. The van der Waals surface area contributed by atoms with Crippen molar-refractivity contribution in [3.63, 3.8) is 0 Å². The van der Waals surface area contributed by atoms with Gasteiger partial charge in [-0.2, -0.15) is 0 Å². The van der Waals surface area contributed by atoms with Gasteiger partial charge in [-0.05, 0) is 59.9 Å². The van der Waals surface area contributed by atoms with Gasteiger partial charge in [0.05, 0.1) is 11.7 Å². The third-order valence-corrected chi connectivity index (χ3v) is 6.65. The van der Waals surface area contributed by atoms with Gasteiger partial charge in [-0.25, -0.2) is 14.2 Å². The summed E-state index contributed by atoms with van der Waals surface area (Å²) in [7, 11) is 0. The largest absolute Gasteiger partial charge is 0.488 e. The predicted octanol–water partition coefficient (Wildman–Crippen LogP) is 5.12. The van der Waals surface area contributed by atoms with E-state index >= 15 is 0 Å². The minimum atomic E-state index is -0.639. The van der Waals surface area contributed by atoms with Crippen LogP contribution in [0.2, 0.25) is 0 Å². The fourth-order valence-electron chi connectivity index (χ4n) is 4.95. The van der Waals surface area contributed by atoms with Crippen molar-refractivity contribution in [2.24, 2.45) is 0 Å². The number of allylic oxidation sites excluding steroid dienone is 1. The molecule has 9 heteroatoms. The smallest absolute Gasteiger partial charge is 0.439 e. The quantitative estimate of drug-likeness (QED) is 0.362. The van der Waals surface area contributed by atoms with Crippen molar-refractivity contribution in [3.8, 4) is 5.75 Å². The zero-order valence-electron chi connectivity index (χ0n) is 20.4. The molecule has 6 rings (SSSR count). The van der Waals surface area contributed by atoms with Gasteiger partial charge in [0.25, 0.3) is 0 Å². The SMILES string of the molecule is CCCc1nc2cnccc2n1Cc1ccc2c(c1)COc1cc(F)ccc1C2=C(C)c1noc(=O)[nH]1. The van der Waals surface area contributed by atoms with E-state index < -0.39 is 5.76 Å². The van der Waals surface area contributed by atoms with Gasteiger partial charge in [0.15, 0.2) is 5.82 Å². The molecule has 1 aliphatic rings. The van der Waals surface area contributed by atoms with Gasteiger partial charge in [-0.15, -0.1) is 0 Å². The van der Waals surface area contributed by atoms with E-state index in [0.29, 0.717) is 29.3 Å². The van der Waals surface area contributed by atoms with Crippen LogP contribution in [0.15, 0.2) is 64.2 Å². The Labute approximate surface area is 211 Å². The normalized spacial score (nSPS) is 14.1. The molecule has 0 aliphatic carbocycles. The van der Waals surface area contributed by atoms with Crippen molar-refractivity contribution in [1.82, 2.24) is 24.7 Å². The number of nitrogens with zero attached hydrogens (tertiary/aromatic N) is 4. The molecule has 1 aliphatic heterocycles. The number of fused-ring (bicyclic) bond motifs is 3. The number of ether oxygens (including phenoxy) is 1. The Balaban J connectivity index is 1.48. The minimum Gasteiger partial charge on any atom is -0.488 e. The van der Waals surface area contributed by atoms with Crippen LogP contribution in [-0.2, 0) is 19.6 Å². The van der Waals surface area contributed by atoms with E-state index in [4.69, 9.17) is 14.2 Å². The van der Waals surface area contributed by atoms with E-state index in [9.17, 15) is 9.18 Å². The second-order valence-electron chi connectivity index (χ2n) is 9.09. The molecule has 0 saturated heterocycles. The number of nitrogens with one attached hydrogen (secondary N) is 1. The van der Waals surface area contributed by atoms with Crippen LogP contribution in [0.3, 0.4) is 0 Å². The predicted molar refractivity (Wildman–Crippen MR) is 137 cm³/mol. The first-order valence-corrected chi connectivity index (χ1v) is 12.1. The molecule has 3 aromatic heterocycles. The van der Waals surface area contributed by atoms with Crippen LogP contribution in [0.25, 0.3) is 22.2 Å². The molecule has 0 saturated carbocycles. The van der Waals surface area contributed by atoms with Crippen LogP contribution >= 0.6 is 0 Å². The van der Waals surface area contributed by atoms with Crippen molar-refractivity contribution in [1.29, 1.82) is 0 Å². The summed E-state index contributed by atoms with van der Waals surface area (Å²) in [6.45, 7) is 4.89. The summed E-state index contributed by atoms with van der Waals surface area (Å²) in [6, 6.07) is 12.7. The first kappa shape index (κ1) is 22.9. The van der Waals surface area contributed by atoms with Crippen LogP contribution < -0.4 is 10.5 Å². The van der Waals surface area contributed by atoms with Gasteiger partial charge in [-0.1, -0.05) is 24.2 Å². The summed E-state index contributed by atoms with van der Waals surface area (Å²) < 4.78 is 27.2. The topological polar surface area (TPSA) is 98.8 Å². The summed E-state index contributed by atoms with van der Waals surface area (Å²) in [5.74, 6) is 0.736. The van der Waals surface area contributed by atoms with Crippen LogP contribution in [0.5, 0.6) is 5.75 Å². The number of imidazole rings is 1. The lowest BCUT2D eigenvalue weighted by Crippen LogP contribution is -2.07. The summed E-state index contributed by atoms with van der Waals surface area (Å²) in [6.07, 6.45) is 5.43. The lowest BCUT2D eigenvalue weighted by molar-refractivity contribution is 0.305. The van der Waals surface area contributed by atoms with E-state index in [1.807, 2.05) is 19.1 Å². The van der Waals surface area contributed by atoms with Crippen LogP contribution in [0.1, 0.15) is 54.2 Å². The van der Waals surface area contributed by atoms with Crippen molar-refractivity contribution in [3.05, 3.63) is 105 Å². The molecular weight excluding hydrogens is 473 g/mol. The number of benzene rings is 2. The van der Waals surface area contributed by atoms with Crippen LogP contribution in [0.4, 0.5) is 4.39 Å². The molecule has 5 aromatic rings. The maximum atomic E-state index is 14.1. The highest BCUT2D eigenvalue weighted by molar-refractivity contribution is 5.99. The first-order valence-electron chi connectivity index (χ1n) is 12.1. The Morgan fingerprint density at radius 2 is 2.03 bits per heavy atom. The zero-order valence-corrected chi connectivity index (χ0v) is 20.4. The van der Waals surface area contributed by atoms with Gasteiger partial charge in [0.1, 0.15) is 29.5 Å². The van der Waals surface area contributed by atoms with E-state index in [2.05, 4.69) is 38.7 Å². The van der Waals surface area contributed by atoms with E-state index in [0.717, 1.165) is 52.0 Å². The second kappa shape index (κ2) is 9.16. The molecular formula is C28H24FN5O3. The third kappa shape index (κ3) is 4.12. The lowest BCUT2D eigenvalue weighted by Gasteiger charge is -2.15. The number of aromatic nitrogens is 5. The van der Waals surface area contributed by atoms with Gasteiger partial charge in [-0.3, -0.25) is 14.5 Å². The molecule has 0 unspecified atom stereocenters. The van der Waals surface area contributed by atoms with Crippen LogP contribution in [0, 0.1) is 5.82 Å². The molecule has 0 spiro atoms. The Morgan fingerprint density at radius 3 is 2.84 bits per heavy atom. The van der Waals surface area contributed by atoms with Gasteiger partial charge in [0.2, 0.25) is 0 Å². The molecule has 4 heterocycles. The molecule has 2 aromatic carbocycles. The highest BCUT2D eigenvalue weighted by atomic mass is 19.1. The van der Waals surface area contributed by atoms with E-state index in [-0.39, 0.29) is 12.4 Å². The highest BCUT2D eigenvalue weighted by Gasteiger charge is 2.24. The number of aromatic amines is 1. The summed E-state index contributed by atoms with van der Waals surface area (Å²) >= 11 is 0. The number of hydrogen-bond acceptors (Lipinski definition) is 6. The van der Waals surface area contributed by atoms with Gasteiger partial charge < -0.3 is 9.30 Å². The maximum Gasteiger partial charge on any atom is 0.439 e. The fourth-order valence-corrected chi connectivity index (χ4v) is 4.95. The number of aryl methyl sites for hydroxylation is 1. The number of halogens is 1. The molecule has 8 nitrogen and oxygen atoms in total. The average Bonchev–Trinajstić information content (AvgIpc) is 3.44. The second-order valence-corrected chi connectivity index (χ2v) is 9.09. The van der Waals surface area contributed by atoms with Crippen molar-refractivity contribution >= 4 is 22.2 Å². The molecule has 0 bridgehead atoms. The number of pyridine rings is 1. The highest BCUT2D eigenvalue weighted by Crippen LogP contribution is 2.41. The molecule has 1 N–H and O–H groups in total. The lowest BCUT2D eigenvalue weighted by atomic mass is 9.89. The Morgan fingerprint density at radius 1 is 1.16 bits per heavy atom. The molecule has 0 fully saturated rings. The minimum absolute atomic E-state index is 0.266. The average molecular weight is 498 g/mol. The van der Waals surface area contributed by atoms with Gasteiger partial charge >= 0.3 is 5.76 Å². The summed E-state index contributed by atoms with van der Waals surface area (Å²) in [5, 5.41) is 3.88. The molecule has 0 atom stereocenters. The number of hydrogen-bond donors (Lipinski definition) is 1. The molecule has 37 heavy (non-hydrogen) atoms.